The van der Waals surface area contributed by atoms with Gasteiger partial charge in [-0.05, 0) is 0 Å². The molecular formula is C11H14O6. The maximum absolute atomic E-state index is 11.0. The Bertz CT molecular complexity index is 346. The lowest BCUT2D eigenvalue weighted by molar-refractivity contribution is -0.172. The minimum absolute atomic E-state index is 0.124. The second-order valence-electron chi connectivity index (χ2n) is 3.56. The average Bonchev–Trinajstić information content (AvgIpc) is 2.23. The van der Waals surface area contributed by atoms with E-state index in [2.05, 4.69) is 0 Å². The van der Waals surface area contributed by atoms with Gasteiger partial charge in [0.2, 0.25) is 0 Å². The molecule has 1 heterocycles. The summed E-state index contributed by atoms with van der Waals surface area (Å²) in [7, 11) is 0. The van der Waals surface area contributed by atoms with E-state index in [0.717, 1.165) is 0 Å². The number of hydrogen-bond donors (Lipinski definition) is 0. The summed E-state index contributed by atoms with van der Waals surface area (Å²) in [6.07, 6.45) is 1.96. The molecule has 2 atom stereocenters. The molecule has 1 aliphatic rings. The van der Waals surface area contributed by atoms with Crippen LogP contribution in [-0.2, 0) is 28.6 Å². The number of cyclic esters (lactones) is 1. The first-order valence-electron chi connectivity index (χ1n) is 5.16. The molecule has 6 nitrogen and oxygen atoms in total. The van der Waals surface area contributed by atoms with Gasteiger partial charge in [-0.15, -0.1) is 0 Å². The lowest BCUT2D eigenvalue weighted by Gasteiger charge is -2.26. The second kappa shape index (κ2) is 6.03. The molecule has 1 aliphatic heterocycles. The van der Waals surface area contributed by atoms with Gasteiger partial charge in [-0.3, -0.25) is 9.59 Å². The van der Waals surface area contributed by atoms with Crippen LogP contribution in [0.15, 0.2) is 12.2 Å². The van der Waals surface area contributed by atoms with Crippen LogP contribution in [0, 0.1) is 0 Å². The maximum atomic E-state index is 11.0. The first-order chi connectivity index (χ1) is 7.99. The molecule has 0 unspecified atom stereocenters. The Labute approximate surface area is 98.5 Å². The topological polar surface area (TPSA) is 78.9 Å². The highest BCUT2D eigenvalue weighted by Gasteiger charge is 2.29. The van der Waals surface area contributed by atoms with Gasteiger partial charge in [-0.1, -0.05) is 6.08 Å². The van der Waals surface area contributed by atoms with Crippen molar-refractivity contribution >= 4 is 17.9 Å². The van der Waals surface area contributed by atoms with Crippen LogP contribution in [0.3, 0.4) is 0 Å². The third kappa shape index (κ3) is 4.67. The highest BCUT2D eigenvalue weighted by molar-refractivity contribution is 5.82. The third-order valence-corrected chi connectivity index (χ3v) is 2.07. The summed E-state index contributed by atoms with van der Waals surface area (Å²) in [5.41, 5.74) is 0. The Morgan fingerprint density at radius 2 is 2.18 bits per heavy atom. The second-order valence-corrected chi connectivity index (χ2v) is 3.56. The summed E-state index contributed by atoms with van der Waals surface area (Å²) < 4.78 is 14.7. The van der Waals surface area contributed by atoms with Gasteiger partial charge in [0.15, 0.2) is 6.10 Å². The Hall–Kier alpha value is -1.85. The van der Waals surface area contributed by atoms with Crippen molar-refractivity contribution in [3.8, 4) is 0 Å². The SMILES string of the molecule is CC(=O)OC[C@@H](OC(C)=O)[C@@H]1CC=CC(=O)O1. The molecule has 94 valence electrons. The van der Waals surface area contributed by atoms with E-state index in [1.165, 1.54) is 19.9 Å². The van der Waals surface area contributed by atoms with Crippen LogP contribution in [0.4, 0.5) is 0 Å². The lowest BCUT2D eigenvalue weighted by atomic mass is 10.1. The van der Waals surface area contributed by atoms with E-state index < -0.39 is 30.1 Å². The normalized spacial score (nSPS) is 20.4. The standard InChI is InChI=1S/C11H14O6/c1-7(12)15-6-10(16-8(2)13)9-4-3-5-11(14)17-9/h3,5,9-10H,4,6H2,1-2H3/t9-,10+/m0/s1. The van der Waals surface area contributed by atoms with Gasteiger partial charge in [0.1, 0.15) is 12.7 Å². The summed E-state index contributed by atoms with van der Waals surface area (Å²) in [6, 6.07) is 0. The zero-order valence-corrected chi connectivity index (χ0v) is 9.67. The van der Waals surface area contributed by atoms with Crippen molar-refractivity contribution in [2.75, 3.05) is 6.61 Å². The first kappa shape index (κ1) is 13.2. The molecule has 0 aromatic rings. The molecule has 0 bridgehead atoms. The van der Waals surface area contributed by atoms with Gasteiger partial charge in [-0.2, -0.15) is 0 Å². The predicted octanol–water partition coefficient (Wildman–Crippen LogP) is 0.353. The minimum Gasteiger partial charge on any atom is -0.462 e. The molecule has 0 amide bonds. The molecule has 0 aromatic carbocycles. The monoisotopic (exact) mass is 242 g/mol. The summed E-state index contributed by atoms with van der Waals surface area (Å²) >= 11 is 0. The highest BCUT2D eigenvalue weighted by atomic mass is 16.6. The quantitative estimate of drug-likeness (QED) is 0.523. The van der Waals surface area contributed by atoms with Crippen molar-refractivity contribution in [1.29, 1.82) is 0 Å². The van der Waals surface area contributed by atoms with Crippen molar-refractivity contribution in [1.82, 2.24) is 0 Å². The Morgan fingerprint density at radius 1 is 1.47 bits per heavy atom. The van der Waals surface area contributed by atoms with Gasteiger partial charge in [0.25, 0.3) is 0 Å². The molecule has 0 aliphatic carbocycles. The number of hydrogen-bond acceptors (Lipinski definition) is 6. The minimum atomic E-state index is -0.773. The van der Waals surface area contributed by atoms with Crippen LogP contribution in [0.1, 0.15) is 20.3 Å². The molecular weight excluding hydrogens is 228 g/mol. The van der Waals surface area contributed by atoms with Crippen LogP contribution in [-0.4, -0.2) is 36.7 Å². The van der Waals surface area contributed by atoms with Crippen LogP contribution in [0.5, 0.6) is 0 Å². The van der Waals surface area contributed by atoms with Crippen molar-refractivity contribution in [2.45, 2.75) is 32.5 Å². The molecule has 0 radical (unpaired) electrons. The fourth-order valence-electron chi connectivity index (χ4n) is 1.39. The molecule has 0 aromatic heterocycles. The summed E-state index contributed by atoms with van der Waals surface area (Å²) in [5, 5.41) is 0. The fourth-order valence-corrected chi connectivity index (χ4v) is 1.39. The molecule has 0 fully saturated rings. The smallest absolute Gasteiger partial charge is 0.330 e. The van der Waals surface area contributed by atoms with Gasteiger partial charge in [-0.25, -0.2) is 4.79 Å². The highest BCUT2D eigenvalue weighted by Crippen LogP contribution is 2.15. The Morgan fingerprint density at radius 3 is 2.71 bits per heavy atom. The van der Waals surface area contributed by atoms with E-state index in [1.54, 1.807) is 6.08 Å². The molecule has 0 saturated heterocycles. The summed E-state index contributed by atoms with van der Waals surface area (Å²) in [6.45, 7) is 2.36. The van der Waals surface area contributed by atoms with Crippen LogP contribution < -0.4 is 0 Å². The molecule has 17 heavy (non-hydrogen) atoms. The van der Waals surface area contributed by atoms with Crippen LogP contribution in [0.2, 0.25) is 0 Å². The van der Waals surface area contributed by atoms with Gasteiger partial charge in [0.05, 0.1) is 0 Å². The predicted molar refractivity (Wildman–Crippen MR) is 55.8 cm³/mol. The van der Waals surface area contributed by atoms with Crippen molar-refractivity contribution < 1.29 is 28.6 Å². The van der Waals surface area contributed by atoms with Gasteiger partial charge < -0.3 is 14.2 Å². The van der Waals surface area contributed by atoms with Crippen molar-refractivity contribution in [3.05, 3.63) is 12.2 Å². The number of esters is 3. The molecule has 6 heteroatoms. The number of carbonyl (C=O) groups excluding carboxylic acids is 3. The van der Waals surface area contributed by atoms with E-state index in [1.807, 2.05) is 0 Å². The average molecular weight is 242 g/mol. The largest absolute Gasteiger partial charge is 0.462 e. The zero-order valence-electron chi connectivity index (χ0n) is 9.67. The van der Waals surface area contributed by atoms with E-state index in [9.17, 15) is 14.4 Å². The summed E-state index contributed by atoms with van der Waals surface area (Å²) in [4.78, 5) is 32.6. The van der Waals surface area contributed by atoms with Crippen molar-refractivity contribution in [3.63, 3.8) is 0 Å². The molecule has 0 saturated carbocycles. The number of carbonyl (C=O) groups is 3. The van der Waals surface area contributed by atoms with E-state index in [0.29, 0.717) is 6.42 Å². The van der Waals surface area contributed by atoms with Gasteiger partial charge >= 0.3 is 17.9 Å². The number of ether oxygens (including phenoxy) is 3. The Kier molecular flexibility index (Phi) is 4.68. The fraction of sp³-hybridized carbons (Fsp3) is 0.545. The van der Waals surface area contributed by atoms with Gasteiger partial charge in [0, 0.05) is 26.3 Å². The number of rotatable bonds is 4. The molecule has 1 rings (SSSR count). The van der Waals surface area contributed by atoms with Crippen LogP contribution >= 0.6 is 0 Å². The third-order valence-electron chi connectivity index (χ3n) is 2.07. The Balaban J connectivity index is 2.61. The van der Waals surface area contributed by atoms with E-state index in [-0.39, 0.29) is 6.61 Å². The van der Waals surface area contributed by atoms with Crippen LogP contribution in [0.25, 0.3) is 0 Å². The lowest BCUT2D eigenvalue weighted by Crippen LogP contribution is -2.39. The molecule has 0 spiro atoms. The zero-order chi connectivity index (χ0) is 12.8. The maximum Gasteiger partial charge on any atom is 0.330 e. The summed E-state index contributed by atoms with van der Waals surface area (Å²) in [5.74, 6) is -1.51. The van der Waals surface area contributed by atoms with E-state index >= 15 is 0 Å². The van der Waals surface area contributed by atoms with Crippen molar-refractivity contribution in [2.24, 2.45) is 0 Å². The molecule has 0 N–H and O–H groups in total. The van der Waals surface area contributed by atoms with E-state index in [4.69, 9.17) is 14.2 Å². The first-order valence-corrected chi connectivity index (χ1v) is 5.16.